The molecule has 28 heavy (non-hydrogen) atoms. The number of methoxy groups -OCH3 is 1. The van der Waals surface area contributed by atoms with Gasteiger partial charge in [0.25, 0.3) is 5.91 Å². The Balaban J connectivity index is 2.33. The number of aryl methyl sites for hydroxylation is 1. The molecule has 0 atom stereocenters. The van der Waals surface area contributed by atoms with Crippen LogP contribution in [0.3, 0.4) is 0 Å². The molecule has 8 heteroatoms. The number of carbonyl (C=O) groups is 2. The number of carbonyl (C=O) groups excluding carboxylic acids is 2. The molecule has 0 aliphatic carbocycles. The van der Waals surface area contributed by atoms with Crippen LogP contribution < -0.4 is 5.32 Å². The lowest BCUT2D eigenvalue weighted by atomic mass is 10.1. The third kappa shape index (κ3) is 4.58. The predicted octanol–water partition coefficient (Wildman–Crippen LogP) is 3.06. The van der Waals surface area contributed by atoms with Crippen LogP contribution in [0.15, 0.2) is 47.4 Å². The molecule has 0 fully saturated rings. The van der Waals surface area contributed by atoms with E-state index in [-0.39, 0.29) is 10.5 Å². The van der Waals surface area contributed by atoms with Gasteiger partial charge in [-0.2, -0.15) is 4.31 Å². The van der Waals surface area contributed by atoms with Gasteiger partial charge in [-0.1, -0.05) is 26.0 Å². The Labute approximate surface area is 165 Å². The molecule has 2 aromatic carbocycles. The Morgan fingerprint density at radius 1 is 1.04 bits per heavy atom. The van der Waals surface area contributed by atoms with Crippen molar-refractivity contribution in [1.29, 1.82) is 0 Å². The first kappa shape index (κ1) is 21.6. The highest BCUT2D eigenvalue weighted by atomic mass is 32.2. The molecule has 0 saturated heterocycles. The Hall–Kier alpha value is -2.71. The first-order valence-electron chi connectivity index (χ1n) is 8.85. The highest BCUT2D eigenvalue weighted by Crippen LogP contribution is 2.21. The van der Waals surface area contributed by atoms with Crippen molar-refractivity contribution in [3.63, 3.8) is 0 Å². The van der Waals surface area contributed by atoms with Gasteiger partial charge in [-0.15, -0.1) is 0 Å². The predicted molar refractivity (Wildman–Crippen MR) is 107 cm³/mol. The van der Waals surface area contributed by atoms with E-state index in [1.54, 1.807) is 32.9 Å². The van der Waals surface area contributed by atoms with Gasteiger partial charge >= 0.3 is 5.97 Å². The number of ether oxygens (including phenoxy) is 1. The zero-order chi connectivity index (χ0) is 20.9. The molecule has 150 valence electrons. The van der Waals surface area contributed by atoms with Crippen LogP contribution in [-0.2, 0) is 14.8 Å². The zero-order valence-corrected chi connectivity index (χ0v) is 17.2. The topological polar surface area (TPSA) is 92.8 Å². The minimum atomic E-state index is -3.67. The van der Waals surface area contributed by atoms with Crippen LogP contribution >= 0.6 is 0 Å². The second-order valence-electron chi connectivity index (χ2n) is 6.09. The van der Waals surface area contributed by atoms with Crippen molar-refractivity contribution in [2.24, 2.45) is 0 Å². The fourth-order valence-electron chi connectivity index (χ4n) is 2.71. The summed E-state index contributed by atoms with van der Waals surface area (Å²) < 4.78 is 31.4. The highest BCUT2D eigenvalue weighted by molar-refractivity contribution is 7.89. The summed E-state index contributed by atoms with van der Waals surface area (Å²) in [6.07, 6.45) is 0. The SMILES string of the molecule is CCN(CC)S(=O)(=O)c1cccc(C(=O)Nc2cc(C(=O)OC)ccc2C)c1. The quantitative estimate of drug-likeness (QED) is 0.716. The van der Waals surface area contributed by atoms with E-state index in [2.05, 4.69) is 5.32 Å². The number of esters is 1. The number of nitrogens with zero attached hydrogens (tertiary/aromatic N) is 1. The van der Waals surface area contributed by atoms with Crippen LogP contribution in [0.5, 0.6) is 0 Å². The molecule has 1 amide bonds. The second kappa shape index (κ2) is 8.99. The lowest BCUT2D eigenvalue weighted by Crippen LogP contribution is -2.30. The number of hydrogen-bond donors (Lipinski definition) is 1. The Morgan fingerprint density at radius 3 is 2.32 bits per heavy atom. The molecule has 2 rings (SSSR count). The maximum absolute atomic E-state index is 12.7. The monoisotopic (exact) mass is 404 g/mol. The minimum Gasteiger partial charge on any atom is -0.465 e. The van der Waals surface area contributed by atoms with Crippen molar-refractivity contribution >= 4 is 27.6 Å². The number of amides is 1. The summed E-state index contributed by atoms with van der Waals surface area (Å²) in [4.78, 5) is 24.4. The molecule has 7 nitrogen and oxygen atoms in total. The Bertz CT molecular complexity index is 982. The van der Waals surface area contributed by atoms with Crippen LogP contribution in [0, 0.1) is 6.92 Å². The summed E-state index contributed by atoms with van der Waals surface area (Å²) in [5.74, 6) is -0.982. The number of rotatable bonds is 7. The van der Waals surface area contributed by atoms with Gasteiger partial charge in [0.05, 0.1) is 17.6 Å². The number of hydrogen-bond acceptors (Lipinski definition) is 5. The average molecular weight is 404 g/mol. The fourth-order valence-corrected chi connectivity index (χ4v) is 4.21. The molecule has 0 aromatic heterocycles. The third-order valence-electron chi connectivity index (χ3n) is 4.35. The summed E-state index contributed by atoms with van der Waals surface area (Å²) in [7, 11) is -2.39. The summed E-state index contributed by atoms with van der Waals surface area (Å²) in [5.41, 5.74) is 1.72. The maximum atomic E-state index is 12.7. The zero-order valence-electron chi connectivity index (χ0n) is 16.4. The van der Waals surface area contributed by atoms with E-state index >= 15 is 0 Å². The molecule has 0 aliphatic heterocycles. The molecule has 0 spiro atoms. The summed E-state index contributed by atoms with van der Waals surface area (Å²) in [6.45, 7) is 5.99. The molecule has 0 bridgehead atoms. The standard InChI is InChI=1S/C20H24N2O5S/c1-5-22(6-2)28(25,26)17-9-7-8-15(12-17)19(23)21-18-13-16(20(24)27-4)11-10-14(18)3/h7-13H,5-6H2,1-4H3,(H,21,23). The van der Waals surface area contributed by atoms with Gasteiger partial charge in [-0.05, 0) is 42.8 Å². The molecule has 0 unspecified atom stereocenters. The highest BCUT2D eigenvalue weighted by Gasteiger charge is 2.22. The average Bonchev–Trinajstić information content (AvgIpc) is 2.69. The fraction of sp³-hybridized carbons (Fsp3) is 0.300. The normalized spacial score (nSPS) is 11.3. The lowest BCUT2D eigenvalue weighted by molar-refractivity contribution is 0.0600. The van der Waals surface area contributed by atoms with E-state index in [1.807, 2.05) is 0 Å². The van der Waals surface area contributed by atoms with Crippen LogP contribution in [0.2, 0.25) is 0 Å². The van der Waals surface area contributed by atoms with Crippen LogP contribution in [0.1, 0.15) is 40.1 Å². The van der Waals surface area contributed by atoms with Gasteiger partial charge in [-0.25, -0.2) is 13.2 Å². The minimum absolute atomic E-state index is 0.0592. The largest absolute Gasteiger partial charge is 0.465 e. The maximum Gasteiger partial charge on any atom is 0.337 e. The van der Waals surface area contributed by atoms with Crippen molar-refractivity contribution in [3.8, 4) is 0 Å². The van der Waals surface area contributed by atoms with E-state index in [9.17, 15) is 18.0 Å². The van der Waals surface area contributed by atoms with E-state index in [4.69, 9.17) is 4.74 Å². The van der Waals surface area contributed by atoms with Gasteiger partial charge in [0, 0.05) is 24.3 Å². The second-order valence-corrected chi connectivity index (χ2v) is 8.03. The third-order valence-corrected chi connectivity index (χ3v) is 6.39. The molecule has 1 N–H and O–H groups in total. The molecule has 2 aromatic rings. The van der Waals surface area contributed by atoms with E-state index in [0.29, 0.717) is 24.3 Å². The molecular formula is C20H24N2O5S. The van der Waals surface area contributed by atoms with E-state index in [1.165, 1.54) is 41.7 Å². The van der Waals surface area contributed by atoms with Gasteiger partial charge in [0.1, 0.15) is 0 Å². The van der Waals surface area contributed by atoms with Crippen molar-refractivity contribution in [2.45, 2.75) is 25.7 Å². The smallest absolute Gasteiger partial charge is 0.337 e. The first-order valence-corrected chi connectivity index (χ1v) is 10.3. The van der Waals surface area contributed by atoms with Crippen molar-refractivity contribution in [1.82, 2.24) is 4.31 Å². The molecule has 0 radical (unpaired) electrons. The van der Waals surface area contributed by atoms with Gasteiger partial charge < -0.3 is 10.1 Å². The first-order chi connectivity index (χ1) is 13.2. The van der Waals surface area contributed by atoms with Gasteiger partial charge in [0.15, 0.2) is 0 Å². The van der Waals surface area contributed by atoms with E-state index < -0.39 is 21.9 Å². The van der Waals surface area contributed by atoms with E-state index in [0.717, 1.165) is 5.56 Å². The number of sulfonamides is 1. The number of nitrogens with one attached hydrogen (secondary N) is 1. The molecular weight excluding hydrogens is 380 g/mol. The Kier molecular flexibility index (Phi) is 6.93. The summed E-state index contributed by atoms with van der Waals surface area (Å²) in [5, 5.41) is 2.73. The number of benzene rings is 2. The molecule has 0 heterocycles. The number of anilines is 1. The lowest BCUT2D eigenvalue weighted by Gasteiger charge is -2.18. The van der Waals surface area contributed by atoms with Crippen LogP contribution in [-0.4, -0.2) is 44.8 Å². The summed E-state index contributed by atoms with van der Waals surface area (Å²) in [6, 6.07) is 10.7. The van der Waals surface area contributed by atoms with Crippen molar-refractivity contribution < 1.29 is 22.7 Å². The Morgan fingerprint density at radius 2 is 1.71 bits per heavy atom. The van der Waals surface area contributed by atoms with Crippen molar-refractivity contribution in [2.75, 3.05) is 25.5 Å². The molecule has 0 aliphatic rings. The van der Waals surface area contributed by atoms with Crippen LogP contribution in [0.4, 0.5) is 5.69 Å². The summed E-state index contributed by atoms with van der Waals surface area (Å²) >= 11 is 0. The molecule has 0 saturated carbocycles. The van der Waals surface area contributed by atoms with Crippen molar-refractivity contribution in [3.05, 3.63) is 59.2 Å². The van der Waals surface area contributed by atoms with Crippen LogP contribution in [0.25, 0.3) is 0 Å². The van der Waals surface area contributed by atoms with Gasteiger partial charge in [0.2, 0.25) is 10.0 Å². The van der Waals surface area contributed by atoms with Gasteiger partial charge in [-0.3, -0.25) is 4.79 Å².